The molecule has 1 saturated heterocycles. The molecule has 2 heterocycles. The van der Waals surface area contributed by atoms with Crippen LogP contribution in [0.1, 0.15) is 12.8 Å². The first-order chi connectivity index (χ1) is 7.93. The van der Waals surface area contributed by atoms with Crippen molar-refractivity contribution in [3.63, 3.8) is 0 Å². The van der Waals surface area contributed by atoms with Gasteiger partial charge in [0.2, 0.25) is 0 Å². The van der Waals surface area contributed by atoms with E-state index in [4.69, 9.17) is 17.3 Å². The summed E-state index contributed by atoms with van der Waals surface area (Å²) in [4.78, 5) is 0. The highest BCUT2D eigenvalue weighted by Crippen LogP contribution is 2.25. The Morgan fingerprint density at radius 1 is 1.56 bits per heavy atom. The van der Waals surface area contributed by atoms with Crippen LogP contribution >= 0.6 is 24.0 Å². The van der Waals surface area contributed by atoms with Crippen LogP contribution in [0.2, 0.25) is 5.02 Å². The monoisotopic (exact) mass is 314 g/mol. The lowest BCUT2D eigenvalue weighted by Gasteiger charge is -2.29. The molecule has 0 spiro atoms. The van der Waals surface area contributed by atoms with Gasteiger partial charge in [-0.15, -0.1) is 12.4 Å². The van der Waals surface area contributed by atoms with Crippen LogP contribution in [0.5, 0.6) is 0 Å². The predicted molar refractivity (Wildman–Crippen MR) is 71.4 cm³/mol. The van der Waals surface area contributed by atoms with Crippen LogP contribution in [-0.4, -0.2) is 41.6 Å². The second-order valence-corrected chi connectivity index (χ2v) is 6.45. The fraction of sp³-hybridized carbons (Fsp3) is 0.667. The third-order valence-electron chi connectivity index (χ3n) is 2.85. The van der Waals surface area contributed by atoms with Gasteiger partial charge < -0.3 is 5.73 Å². The maximum Gasteiger partial charge on any atom is 0.261 e. The molecule has 6 nitrogen and oxygen atoms in total. The molecule has 9 heteroatoms. The third kappa shape index (κ3) is 2.80. The summed E-state index contributed by atoms with van der Waals surface area (Å²) in [5.41, 5.74) is 5.79. The highest BCUT2D eigenvalue weighted by atomic mass is 35.5. The largest absolute Gasteiger partial charge is 0.327 e. The Hall–Kier alpha value is -0.340. The normalized spacial score (nSPS) is 21.6. The van der Waals surface area contributed by atoms with Crippen molar-refractivity contribution in [1.82, 2.24) is 14.1 Å². The highest BCUT2D eigenvalue weighted by Gasteiger charge is 2.32. The molecular formula is C9H16Cl2N4O2S. The molecule has 18 heavy (non-hydrogen) atoms. The molecule has 1 aromatic rings. The molecule has 104 valence electrons. The van der Waals surface area contributed by atoms with Crippen LogP contribution in [0.3, 0.4) is 0 Å². The smallest absolute Gasteiger partial charge is 0.261 e. The molecule has 1 aliphatic rings. The fourth-order valence-corrected chi connectivity index (χ4v) is 4.14. The van der Waals surface area contributed by atoms with Crippen molar-refractivity contribution in [3.8, 4) is 0 Å². The van der Waals surface area contributed by atoms with Gasteiger partial charge in [-0.25, -0.2) is 8.42 Å². The van der Waals surface area contributed by atoms with Crippen molar-refractivity contribution in [2.24, 2.45) is 12.8 Å². The highest BCUT2D eigenvalue weighted by molar-refractivity contribution is 7.89. The van der Waals surface area contributed by atoms with Crippen LogP contribution in [0.4, 0.5) is 0 Å². The lowest BCUT2D eigenvalue weighted by Crippen LogP contribution is -2.46. The summed E-state index contributed by atoms with van der Waals surface area (Å²) in [6.07, 6.45) is 2.96. The standard InChI is InChI=1S/C9H15ClN4O2S.ClH/c1-13-9(8(10)5-12-13)17(15,16)14-4-2-3-7(11)6-14;/h5,7H,2-4,6,11H2,1H3;1H/t7-;/m1./s1. The average molecular weight is 315 g/mol. The number of nitrogens with zero attached hydrogens (tertiary/aromatic N) is 3. The van der Waals surface area contributed by atoms with E-state index in [1.165, 1.54) is 15.2 Å². The van der Waals surface area contributed by atoms with Crippen LogP contribution in [0, 0.1) is 0 Å². The van der Waals surface area contributed by atoms with E-state index in [2.05, 4.69) is 5.10 Å². The van der Waals surface area contributed by atoms with Gasteiger partial charge in [0.15, 0.2) is 5.03 Å². The summed E-state index contributed by atoms with van der Waals surface area (Å²) < 4.78 is 27.4. The van der Waals surface area contributed by atoms with E-state index >= 15 is 0 Å². The molecule has 2 rings (SSSR count). The Morgan fingerprint density at radius 2 is 2.22 bits per heavy atom. The second-order valence-electron chi connectivity index (χ2n) is 4.19. The summed E-state index contributed by atoms with van der Waals surface area (Å²) in [5, 5.41) is 4.02. The van der Waals surface area contributed by atoms with Gasteiger partial charge in [-0.2, -0.15) is 9.40 Å². The number of rotatable bonds is 2. The van der Waals surface area contributed by atoms with Crippen LogP contribution in [0.15, 0.2) is 11.2 Å². The summed E-state index contributed by atoms with van der Waals surface area (Å²) in [5.74, 6) is 0. The van der Waals surface area contributed by atoms with Gasteiger partial charge in [-0.05, 0) is 12.8 Å². The average Bonchev–Trinajstić information content (AvgIpc) is 2.59. The topological polar surface area (TPSA) is 81.2 Å². The van der Waals surface area contributed by atoms with E-state index in [1.807, 2.05) is 0 Å². The predicted octanol–water partition coefficient (Wildman–Crippen LogP) is 0.607. The zero-order chi connectivity index (χ0) is 12.6. The first kappa shape index (κ1) is 15.7. The molecule has 0 aliphatic carbocycles. The number of aromatic nitrogens is 2. The number of aryl methyl sites for hydroxylation is 1. The molecule has 0 bridgehead atoms. The van der Waals surface area contributed by atoms with Gasteiger partial charge in [-0.3, -0.25) is 4.68 Å². The van der Waals surface area contributed by atoms with Gasteiger partial charge in [0.25, 0.3) is 10.0 Å². The quantitative estimate of drug-likeness (QED) is 0.867. The molecular weight excluding hydrogens is 299 g/mol. The van der Waals surface area contributed by atoms with Crippen molar-refractivity contribution >= 4 is 34.0 Å². The molecule has 0 saturated carbocycles. The number of piperidine rings is 1. The van der Waals surface area contributed by atoms with Crippen LogP contribution < -0.4 is 5.73 Å². The van der Waals surface area contributed by atoms with Crippen molar-refractivity contribution in [1.29, 1.82) is 0 Å². The third-order valence-corrected chi connectivity index (χ3v) is 5.22. The molecule has 1 atom stereocenters. The minimum Gasteiger partial charge on any atom is -0.327 e. The van der Waals surface area contributed by atoms with Gasteiger partial charge in [-0.1, -0.05) is 11.6 Å². The van der Waals surface area contributed by atoms with E-state index < -0.39 is 10.0 Å². The second kappa shape index (κ2) is 5.75. The summed E-state index contributed by atoms with van der Waals surface area (Å²) >= 11 is 5.86. The number of halogens is 2. The number of hydrogen-bond donors (Lipinski definition) is 1. The zero-order valence-electron chi connectivity index (χ0n) is 9.91. The Kier molecular flexibility index (Phi) is 5.02. The van der Waals surface area contributed by atoms with Crippen molar-refractivity contribution in [3.05, 3.63) is 11.2 Å². The molecule has 1 fully saturated rings. The van der Waals surface area contributed by atoms with Gasteiger partial charge in [0.05, 0.1) is 11.2 Å². The van der Waals surface area contributed by atoms with E-state index in [9.17, 15) is 8.42 Å². The first-order valence-corrected chi connectivity index (χ1v) is 7.18. The molecule has 0 radical (unpaired) electrons. The van der Waals surface area contributed by atoms with Gasteiger partial charge >= 0.3 is 0 Å². The van der Waals surface area contributed by atoms with E-state index in [1.54, 1.807) is 7.05 Å². The van der Waals surface area contributed by atoms with Crippen LogP contribution in [-0.2, 0) is 17.1 Å². The van der Waals surface area contributed by atoms with Gasteiger partial charge in [0.1, 0.15) is 0 Å². The SMILES string of the molecule is Cl.Cn1ncc(Cl)c1S(=O)(=O)N1CCC[C@@H](N)C1. The Labute approximate surface area is 118 Å². The Morgan fingerprint density at radius 3 is 2.72 bits per heavy atom. The zero-order valence-corrected chi connectivity index (χ0v) is 12.3. The minimum atomic E-state index is -3.59. The lowest BCUT2D eigenvalue weighted by atomic mass is 10.1. The molecule has 1 aliphatic heterocycles. The summed E-state index contributed by atoms with van der Waals surface area (Å²) in [6, 6.07) is -0.106. The summed E-state index contributed by atoms with van der Waals surface area (Å²) in [7, 11) is -2.03. The van der Waals surface area contributed by atoms with E-state index in [0.717, 1.165) is 12.8 Å². The summed E-state index contributed by atoms with van der Waals surface area (Å²) in [6.45, 7) is 0.821. The van der Waals surface area contributed by atoms with Crippen molar-refractivity contribution in [2.45, 2.75) is 23.9 Å². The molecule has 2 N–H and O–H groups in total. The number of hydrogen-bond acceptors (Lipinski definition) is 4. The Balaban J connectivity index is 0.00000162. The number of sulfonamides is 1. The number of nitrogens with two attached hydrogens (primary N) is 1. The van der Waals surface area contributed by atoms with Crippen molar-refractivity contribution < 1.29 is 8.42 Å². The van der Waals surface area contributed by atoms with Crippen LogP contribution in [0.25, 0.3) is 0 Å². The maximum atomic E-state index is 12.4. The molecule has 0 unspecified atom stereocenters. The molecule has 0 aromatic carbocycles. The Bertz CT molecular complexity index is 497. The van der Waals surface area contributed by atoms with Gasteiger partial charge in [0, 0.05) is 26.2 Å². The first-order valence-electron chi connectivity index (χ1n) is 5.36. The van der Waals surface area contributed by atoms with Crippen molar-refractivity contribution in [2.75, 3.05) is 13.1 Å². The minimum absolute atomic E-state index is 0. The molecule has 1 aromatic heterocycles. The molecule has 0 amide bonds. The van der Waals surface area contributed by atoms with E-state index in [0.29, 0.717) is 13.1 Å². The maximum absolute atomic E-state index is 12.4. The fourth-order valence-electron chi connectivity index (χ4n) is 2.00. The lowest BCUT2D eigenvalue weighted by molar-refractivity contribution is 0.314. The van der Waals surface area contributed by atoms with E-state index in [-0.39, 0.29) is 28.5 Å².